The van der Waals surface area contributed by atoms with Gasteiger partial charge in [-0.1, -0.05) is 18.5 Å². The summed E-state index contributed by atoms with van der Waals surface area (Å²) < 4.78 is 18.0. The molecule has 0 heterocycles. The summed E-state index contributed by atoms with van der Waals surface area (Å²) in [5, 5.41) is 0.766. The van der Waals surface area contributed by atoms with Crippen molar-refractivity contribution in [3.8, 4) is 5.75 Å². The molecule has 0 aliphatic rings. The normalized spacial score (nSPS) is 10.6. The average molecular weight is 259 g/mol. The van der Waals surface area contributed by atoms with Crippen molar-refractivity contribution >= 4 is 11.6 Å². The first kappa shape index (κ1) is 14.3. The molecule has 0 radical (unpaired) electrons. The quantitative estimate of drug-likeness (QED) is 0.722. The molecule has 0 bridgehead atoms. The highest BCUT2D eigenvalue weighted by atomic mass is 35.5. The van der Waals surface area contributed by atoms with Crippen molar-refractivity contribution in [2.45, 2.75) is 40.0 Å². The largest absolute Gasteiger partial charge is 0.493 e. The smallest absolute Gasteiger partial charge is 0.123 e. The van der Waals surface area contributed by atoms with Crippen LogP contribution in [-0.2, 0) is 6.42 Å². The molecule has 1 rings (SSSR count). The van der Waals surface area contributed by atoms with E-state index in [0.717, 1.165) is 33.9 Å². The van der Waals surface area contributed by atoms with Gasteiger partial charge >= 0.3 is 0 Å². The molecule has 17 heavy (non-hydrogen) atoms. The molecular formula is C14H20ClFO. The first-order chi connectivity index (χ1) is 8.11. The summed E-state index contributed by atoms with van der Waals surface area (Å²) in [6.07, 6.45) is 2.16. The van der Waals surface area contributed by atoms with Gasteiger partial charge in [0.15, 0.2) is 0 Å². The number of halogens is 2. The highest BCUT2D eigenvalue weighted by molar-refractivity contribution is 6.32. The van der Waals surface area contributed by atoms with Crippen LogP contribution in [0.4, 0.5) is 4.39 Å². The monoisotopic (exact) mass is 258 g/mol. The molecule has 0 N–H and O–H groups in total. The summed E-state index contributed by atoms with van der Waals surface area (Å²) >= 11 is 6.22. The van der Waals surface area contributed by atoms with Crippen molar-refractivity contribution in [3.05, 3.63) is 27.8 Å². The van der Waals surface area contributed by atoms with Crippen LogP contribution in [0.5, 0.6) is 5.75 Å². The van der Waals surface area contributed by atoms with Gasteiger partial charge in [0.2, 0.25) is 0 Å². The second-order valence-corrected chi connectivity index (χ2v) is 4.63. The highest BCUT2D eigenvalue weighted by Gasteiger charge is 2.12. The van der Waals surface area contributed by atoms with Crippen LogP contribution in [0, 0.1) is 13.8 Å². The van der Waals surface area contributed by atoms with Crippen LogP contribution in [-0.4, -0.2) is 13.3 Å². The predicted molar refractivity (Wildman–Crippen MR) is 71.0 cm³/mol. The molecule has 1 aromatic carbocycles. The Balaban J connectivity index is 3.06. The number of alkyl halides is 1. The molecule has 0 saturated heterocycles. The van der Waals surface area contributed by atoms with Crippen LogP contribution in [0.1, 0.15) is 36.5 Å². The second-order valence-electron chi connectivity index (χ2n) is 4.25. The van der Waals surface area contributed by atoms with Crippen molar-refractivity contribution < 1.29 is 9.13 Å². The highest BCUT2D eigenvalue weighted by Crippen LogP contribution is 2.32. The summed E-state index contributed by atoms with van der Waals surface area (Å²) in [5.74, 6) is 0.861. The molecule has 0 unspecified atom stereocenters. The van der Waals surface area contributed by atoms with Crippen molar-refractivity contribution in [2.24, 2.45) is 0 Å². The summed E-state index contributed by atoms with van der Waals surface area (Å²) in [5.41, 5.74) is 3.08. The topological polar surface area (TPSA) is 9.23 Å². The molecule has 0 fully saturated rings. The van der Waals surface area contributed by atoms with Crippen LogP contribution >= 0.6 is 11.6 Å². The molecule has 96 valence electrons. The second kappa shape index (κ2) is 6.85. The van der Waals surface area contributed by atoms with E-state index >= 15 is 0 Å². The van der Waals surface area contributed by atoms with Gasteiger partial charge in [0.25, 0.3) is 0 Å². The maximum Gasteiger partial charge on any atom is 0.123 e. The van der Waals surface area contributed by atoms with E-state index in [-0.39, 0.29) is 6.67 Å². The summed E-state index contributed by atoms with van der Waals surface area (Å²) in [6, 6.07) is 1.96. The Hall–Kier alpha value is -0.760. The third-order valence-electron chi connectivity index (χ3n) is 2.80. The number of ether oxygens (including phenoxy) is 1. The van der Waals surface area contributed by atoms with Gasteiger partial charge in [-0.05, 0) is 55.9 Å². The lowest BCUT2D eigenvalue weighted by Crippen LogP contribution is -2.03. The van der Waals surface area contributed by atoms with Gasteiger partial charge in [-0.3, -0.25) is 4.39 Å². The van der Waals surface area contributed by atoms with Crippen molar-refractivity contribution in [1.29, 1.82) is 0 Å². The molecule has 3 heteroatoms. The molecule has 0 amide bonds. The summed E-state index contributed by atoms with van der Waals surface area (Å²) in [6.45, 7) is 6.38. The Morgan fingerprint density at radius 1 is 1.35 bits per heavy atom. The Morgan fingerprint density at radius 2 is 2.06 bits per heavy atom. The van der Waals surface area contributed by atoms with Gasteiger partial charge in [0.05, 0.1) is 13.3 Å². The number of hydrogen-bond acceptors (Lipinski definition) is 1. The Bertz CT molecular complexity index is 377. The van der Waals surface area contributed by atoms with Crippen LogP contribution in [0.3, 0.4) is 0 Å². The lowest BCUT2D eigenvalue weighted by Gasteiger charge is -2.16. The molecule has 0 spiro atoms. The van der Waals surface area contributed by atoms with Crippen molar-refractivity contribution in [1.82, 2.24) is 0 Å². The SMILES string of the molecule is CCCOc1cc(C)c(Cl)c(C)c1CCCF. The van der Waals surface area contributed by atoms with Gasteiger partial charge < -0.3 is 4.74 Å². The molecule has 0 atom stereocenters. The van der Waals surface area contributed by atoms with Crippen LogP contribution in [0.2, 0.25) is 5.02 Å². The minimum absolute atomic E-state index is 0.307. The fraction of sp³-hybridized carbons (Fsp3) is 0.571. The van der Waals surface area contributed by atoms with Crippen molar-refractivity contribution in [2.75, 3.05) is 13.3 Å². The summed E-state index contributed by atoms with van der Waals surface area (Å²) in [7, 11) is 0. The summed E-state index contributed by atoms with van der Waals surface area (Å²) in [4.78, 5) is 0. The van der Waals surface area contributed by atoms with E-state index in [1.54, 1.807) is 0 Å². The molecular weight excluding hydrogens is 239 g/mol. The lowest BCUT2D eigenvalue weighted by atomic mass is 10.00. The fourth-order valence-corrected chi connectivity index (χ4v) is 2.02. The third kappa shape index (κ3) is 3.60. The molecule has 0 saturated carbocycles. The lowest BCUT2D eigenvalue weighted by molar-refractivity contribution is 0.313. The first-order valence-electron chi connectivity index (χ1n) is 6.09. The molecule has 1 nitrogen and oxygen atoms in total. The molecule has 0 aromatic heterocycles. The maximum atomic E-state index is 12.3. The van der Waals surface area contributed by atoms with Gasteiger partial charge in [-0.25, -0.2) is 0 Å². The van der Waals surface area contributed by atoms with Gasteiger partial charge in [-0.15, -0.1) is 0 Å². The zero-order valence-electron chi connectivity index (χ0n) is 10.8. The van der Waals surface area contributed by atoms with Crippen LogP contribution in [0.25, 0.3) is 0 Å². The Labute approximate surface area is 108 Å². The zero-order chi connectivity index (χ0) is 12.8. The van der Waals surface area contributed by atoms with Gasteiger partial charge in [0.1, 0.15) is 5.75 Å². The van der Waals surface area contributed by atoms with Crippen LogP contribution in [0.15, 0.2) is 6.07 Å². The standard InChI is InChI=1S/C14H20ClFO/c1-4-8-17-13-9-10(2)14(15)11(3)12(13)6-5-7-16/h9H,4-8H2,1-3H3. The van der Waals surface area contributed by atoms with E-state index in [9.17, 15) is 4.39 Å². The van der Waals surface area contributed by atoms with E-state index in [2.05, 4.69) is 6.92 Å². The number of hydrogen-bond donors (Lipinski definition) is 0. The molecule has 0 aliphatic carbocycles. The molecule has 1 aromatic rings. The zero-order valence-corrected chi connectivity index (χ0v) is 11.5. The third-order valence-corrected chi connectivity index (χ3v) is 3.38. The van der Waals surface area contributed by atoms with Crippen LogP contribution < -0.4 is 4.74 Å². The Kier molecular flexibility index (Phi) is 5.76. The van der Waals surface area contributed by atoms with E-state index < -0.39 is 0 Å². The predicted octanol–water partition coefficient (Wildman–Crippen LogP) is 4.65. The minimum Gasteiger partial charge on any atom is -0.493 e. The Morgan fingerprint density at radius 3 is 2.65 bits per heavy atom. The number of aryl methyl sites for hydroxylation is 1. The fourth-order valence-electron chi connectivity index (χ4n) is 1.86. The first-order valence-corrected chi connectivity index (χ1v) is 6.47. The van der Waals surface area contributed by atoms with E-state index in [4.69, 9.17) is 16.3 Å². The maximum absolute atomic E-state index is 12.3. The minimum atomic E-state index is -0.307. The van der Waals surface area contributed by atoms with Crippen molar-refractivity contribution in [3.63, 3.8) is 0 Å². The van der Waals surface area contributed by atoms with E-state index in [1.807, 2.05) is 19.9 Å². The van der Waals surface area contributed by atoms with E-state index in [0.29, 0.717) is 19.4 Å². The average Bonchev–Trinajstić information content (AvgIpc) is 2.32. The number of rotatable bonds is 6. The molecule has 0 aliphatic heterocycles. The van der Waals surface area contributed by atoms with Gasteiger partial charge in [0, 0.05) is 5.02 Å². The van der Waals surface area contributed by atoms with Gasteiger partial charge in [-0.2, -0.15) is 0 Å². The number of benzene rings is 1. The van der Waals surface area contributed by atoms with E-state index in [1.165, 1.54) is 0 Å².